The Kier molecular flexibility index (Phi) is 2.33. The third kappa shape index (κ3) is 1.90. The lowest BCUT2D eigenvalue weighted by atomic mass is 10.2. The summed E-state index contributed by atoms with van der Waals surface area (Å²) in [5.74, 6) is 0. The summed E-state index contributed by atoms with van der Waals surface area (Å²) < 4.78 is 4.70. The molecule has 1 radical (unpaired) electrons. The van der Waals surface area contributed by atoms with Crippen LogP contribution in [0.3, 0.4) is 0 Å². The van der Waals surface area contributed by atoms with Crippen molar-refractivity contribution >= 4 is 0 Å². The van der Waals surface area contributed by atoms with E-state index in [0.29, 0.717) is 0 Å². The summed E-state index contributed by atoms with van der Waals surface area (Å²) in [5, 5.41) is 8.42. The first-order chi connectivity index (χ1) is 4.43. The number of aryl methyl sites for hydroxylation is 1. The van der Waals surface area contributed by atoms with E-state index >= 15 is 0 Å². The standard InChI is InChI=1S/C7H9O2/c8-4-1-2-7-3-5-9-6-7/h3,5,8H,1-2,4H2. The van der Waals surface area contributed by atoms with Gasteiger partial charge in [-0.25, -0.2) is 0 Å². The van der Waals surface area contributed by atoms with Crippen molar-refractivity contribution in [2.45, 2.75) is 12.8 Å². The smallest absolute Gasteiger partial charge is 0.172 e. The summed E-state index contributed by atoms with van der Waals surface area (Å²) >= 11 is 0. The molecule has 0 unspecified atom stereocenters. The van der Waals surface area contributed by atoms with Crippen molar-refractivity contribution in [1.82, 2.24) is 0 Å². The topological polar surface area (TPSA) is 33.4 Å². The average Bonchev–Trinajstić information content (AvgIpc) is 2.34. The van der Waals surface area contributed by atoms with Crippen LogP contribution in [0.4, 0.5) is 0 Å². The van der Waals surface area contributed by atoms with Gasteiger partial charge in [-0.05, 0) is 18.9 Å². The van der Waals surface area contributed by atoms with Gasteiger partial charge in [0.1, 0.15) is 0 Å². The molecule has 9 heavy (non-hydrogen) atoms. The highest BCUT2D eigenvalue weighted by Crippen LogP contribution is 2.01. The highest BCUT2D eigenvalue weighted by molar-refractivity contribution is 5.03. The molecule has 0 aromatic carbocycles. The Balaban J connectivity index is 2.30. The van der Waals surface area contributed by atoms with Gasteiger partial charge in [-0.2, -0.15) is 0 Å². The normalized spacial score (nSPS) is 9.89. The summed E-state index contributed by atoms with van der Waals surface area (Å²) in [5.41, 5.74) is 1.03. The molecule has 0 spiro atoms. The predicted molar refractivity (Wildman–Crippen MR) is 33.0 cm³/mol. The van der Waals surface area contributed by atoms with Gasteiger partial charge >= 0.3 is 0 Å². The van der Waals surface area contributed by atoms with Crippen LogP contribution in [0.15, 0.2) is 16.7 Å². The molecule has 1 rings (SSSR count). The van der Waals surface area contributed by atoms with Gasteiger partial charge in [0.05, 0.1) is 6.26 Å². The lowest BCUT2D eigenvalue weighted by Gasteiger charge is -1.88. The minimum absolute atomic E-state index is 0.235. The fourth-order valence-electron chi connectivity index (χ4n) is 0.664. The summed E-state index contributed by atoms with van der Waals surface area (Å²) in [6.45, 7) is 0.235. The maximum absolute atomic E-state index is 8.42. The van der Waals surface area contributed by atoms with Gasteiger partial charge < -0.3 is 9.52 Å². The fraction of sp³-hybridized carbons (Fsp3) is 0.429. The Morgan fingerprint density at radius 2 is 2.56 bits per heavy atom. The molecule has 0 aliphatic heterocycles. The minimum atomic E-state index is 0.235. The molecule has 0 bridgehead atoms. The first-order valence-electron chi connectivity index (χ1n) is 2.98. The van der Waals surface area contributed by atoms with Crippen LogP contribution < -0.4 is 0 Å². The molecular formula is C7H9O2. The molecule has 2 nitrogen and oxygen atoms in total. The van der Waals surface area contributed by atoms with Crippen LogP contribution in [-0.4, -0.2) is 11.7 Å². The molecule has 0 amide bonds. The van der Waals surface area contributed by atoms with Crippen LogP contribution in [0.25, 0.3) is 0 Å². The van der Waals surface area contributed by atoms with Gasteiger partial charge in [0.15, 0.2) is 6.26 Å². The van der Waals surface area contributed by atoms with Crippen molar-refractivity contribution in [3.63, 3.8) is 0 Å². The SMILES string of the molecule is OCCCc1[c]occ1. The first kappa shape index (κ1) is 6.36. The molecule has 1 aromatic rings. The van der Waals surface area contributed by atoms with E-state index < -0.39 is 0 Å². The van der Waals surface area contributed by atoms with Gasteiger partial charge in [-0.1, -0.05) is 0 Å². The van der Waals surface area contributed by atoms with E-state index in [1.807, 2.05) is 6.07 Å². The Labute approximate surface area is 54.1 Å². The van der Waals surface area contributed by atoms with Crippen molar-refractivity contribution in [3.05, 3.63) is 24.2 Å². The number of rotatable bonds is 3. The third-order valence-corrected chi connectivity index (χ3v) is 1.13. The lowest BCUT2D eigenvalue weighted by Crippen LogP contribution is -1.85. The quantitative estimate of drug-likeness (QED) is 0.653. The van der Waals surface area contributed by atoms with E-state index in [1.54, 1.807) is 6.26 Å². The Hall–Kier alpha value is -0.760. The number of hydrogen-bond acceptors (Lipinski definition) is 2. The van der Waals surface area contributed by atoms with Crippen LogP contribution >= 0.6 is 0 Å². The lowest BCUT2D eigenvalue weighted by molar-refractivity contribution is 0.288. The number of aliphatic hydroxyl groups is 1. The van der Waals surface area contributed by atoms with Crippen LogP contribution in [0.1, 0.15) is 12.0 Å². The van der Waals surface area contributed by atoms with Gasteiger partial charge in [0.25, 0.3) is 0 Å². The first-order valence-corrected chi connectivity index (χ1v) is 2.98. The van der Waals surface area contributed by atoms with Gasteiger partial charge in [-0.15, -0.1) is 0 Å². The summed E-state index contributed by atoms with van der Waals surface area (Å²) in [4.78, 5) is 0. The molecule has 0 atom stereocenters. The second-order valence-electron chi connectivity index (χ2n) is 1.88. The number of aliphatic hydroxyl groups excluding tert-OH is 1. The second-order valence-corrected chi connectivity index (χ2v) is 1.88. The van der Waals surface area contributed by atoms with Gasteiger partial charge in [0, 0.05) is 12.2 Å². The fourth-order valence-corrected chi connectivity index (χ4v) is 0.664. The molecule has 0 saturated carbocycles. The van der Waals surface area contributed by atoms with Crippen LogP contribution in [0.5, 0.6) is 0 Å². The molecule has 1 heterocycles. The number of furan rings is 1. The maximum Gasteiger partial charge on any atom is 0.172 e. The zero-order chi connectivity index (χ0) is 6.53. The van der Waals surface area contributed by atoms with E-state index in [2.05, 4.69) is 6.26 Å². The predicted octanol–water partition coefficient (Wildman–Crippen LogP) is 1.00. The summed E-state index contributed by atoms with van der Waals surface area (Å²) in [6.07, 6.45) is 5.92. The Bertz CT molecular complexity index is 144. The Morgan fingerprint density at radius 1 is 1.67 bits per heavy atom. The van der Waals surface area contributed by atoms with E-state index in [-0.39, 0.29) is 6.61 Å². The molecule has 0 aliphatic carbocycles. The van der Waals surface area contributed by atoms with Crippen molar-refractivity contribution in [2.75, 3.05) is 6.61 Å². The zero-order valence-corrected chi connectivity index (χ0v) is 5.13. The third-order valence-electron chi connectivity index (χ3n) is 1.13. The maximum atomic E-state index is 8.42. The van der Waals surface area contributed by atoms with Crippen molar-refractivity contribution in [1.29, 1.82) is 0 Å². The van der Waals surface area contributed by atoms with Gasteiger partial charge in [-0.3, -0.25) is 0 Å². The van der Waals surface area contributed by atoms with Crippen LogP contribution in [0, 0.1) is 6.26 Å². The van der Waals surface area contributed by atoms with E-state index in [9.17, 15) is 0 Å². The van der Waals surface area contributed by atoms with Crippen molar-refractivity contribution < 1.29 is 9.52 Å². The monoisotopic (exact) mass is 125 g/mol. The summed E-state index contributed by atoms with van der Waals surface area (Å²) in [6, 6.07) is 1.86. The van der Waals surface area contributed by atoms with E-state index in [0.717, 1.165) is 18.4 Å². The molecule has 2 heteroatoms. The number of hydrogen-bond donors (Lipinski definition) is 1. The van der Waals surface area contributed by atoms with E-state index in [1.165, 1.54) is 0 Å². The van der Waals surface area contributed by atoms with Crippen molar-refractivity contribution in [3.8, 4) is 0 Å². The molecule has 49 valence electrons. The largest absolute Gasteiger partial charge is 0.461 e. The highest BCUT2D eigenvalue weighted by atomic mass is 16.3. The molecule has 0 saturated heterocycles. The zero-order valence-electron chi connectivity index (χ0n) is 5.13. The second kappa shape index (κ2) is 3.30. The van der Waals surface area contributed by atoms with Crippen LogP contribution in [0.2, 0.25) is 0 Å². The highest BCUT2D eigenvalue weighted by Gasteiger charge is 1.92. The van der Waals surface area contributed by atoms with Crippen LogP contribution in [-0.2, 0) is 6.42 Å². The molecular weight excluding hydrogens is 116 g/mol. The van der Waals surface area contributed by atoms with Gasteiger partial charge in [0.2, 0.25) is 0 Å². The molecule has 1 aromatic heterocycles. The average molecular weight is 125 g/mol. The minimum Gasteiger partial charge on any atom is -0.461 e. The molecule has 0 aliphatic rings. The van der Waals surface area contributed by atoms with Crippen molar-refractivity contribution in [2.24, 2.45) is 0 Å². The molecule has 0 fully saturated rings. The Morgan fingerprint density at radius 3 is 3.11 bits per heavy atom. The van der Waals surface area contributed by atoms with E-state index in [4.69, 9.17) is 9.52 Å². The molecule has 1 N–H and O–H groups in total. The summed E-state index contributed by atoms with van der Waals surface area (Å²) in [7, 11) is 0.